The number of rotatable bonds is 4. The summed E-state index contributed by atoms with van der Waals surface area (Å²) in [6, 6.07) is 14.5. The lowest BCUT2D eigenvalue weighted by atomic mass is 10.2. The predicted molar refractivity (Wildman–Crippen MR) is 99.6 cm³/mol. The Hall–Kier alpha value is -3.33. The van der Waals surface area contributed by atoms with E-state index in [-0.39, 0.29) is 5.75 Å². The zero-order valence-corrected chi connectivity index (χ0v) is 14.9. The molecular formula is C19H12F3N3O2S. The van der Waals surface area contributed by atoms with Crippen LogP contribution in [0.15, 0.2) is 66.2 Å². The number of amides is 1. The van der Waals surface area contributed by atoms with Gasteiger partial charge in [0.25, 0.3) is 5.91 Å². The number of nitrogens with one attached hydrogen (secondary N) is 1. The third-order valence-electron chi connectivity index (χ3n) is 3.86. The van der Waals surface area contributed by atoms with Crippen molar-refractivity contribution in [2.75, 3.05) is 5.32 Å². The maximum Gasteiger partial charge on any atom is 0.573 e. The molecule has 0 saturated heterocycles. The van der Waals surface area contributed by atoms with E-state index in [4.69, 9.17) is 0 Å². The number of benzene rings is 2. The van der Waals surface area contributed by atoms with Crippen molar-refractivity contribution in [1.29, 1.82) is 0 Å². The second kappa shape index (κ2) is 7.01. The lowest BCUT2D eigenvalue weighted by Crippen LogP contribution is -2.17. The van der Waals surface area contributed by atoms with Crippen molar-refractivity contribution in [3.63, 3.8) is 0 Å². The Bertz CT molecular complexity index is 1120. The van der Waals surface area contributed by atoms with Crippen LogP contribution in [-0.4, -0.2) is 21.7 Å². The first-order valence-electron chi connectivity index (χ1n) is 8.08. The number of carbonyl (C=O) groups is 1. The van der Waals surface area contributed by atoms with Gasteiger partial charge in [-0.25, -0.2) is 4.98 Å². The number of anilines is 1. The van der Waals surface area contributed by atoms with Crippen LogP contribution in [0.4, 0.5) is 18.9 Å². The van der Waals surface area contributed by atoms with Gasteiger partial charge in [0.15, 0.2) is 4.96 Å². The van der Waals surface area contributed by atoms with Crippen LogP contribution in [0, 0.1) is 0 Å². The number of hydrogen-bond acceptors (Lipinski definition) is 4. The standard InChI is InChI=1S/C19H12F3N3O2S/c20-19(21,22)27-14-8-6-13(7-9-14)23-17(26)16-11-28-18-24-15(10-25(16)18)12-4-2-1-3-5-12/h1-11H,(H,23,26). The van der Waals surface area contributed by atoms with Crippen LogP contribution >= 0.6 is 11.3 Å². The number of nitrogens with zero attached hydrogens (tertiary/aromatic N) is 2. The van der Waals surface area contributed by atoms with Gasteiger partial charge in [-0.05, 0) is 24.3 Å². The third kappa shape index (κ3) is 3.84. The van der Waals surface area contributed by atoms with E-state index in [0.29, 0.717) is 16.3 Å². The number of fused-ring (bicyclic) bond motifs is 1. The molecule has 0 fully saturated rings. The first-order valence-corrected chi connectivity index (χ1v) is 8.96. The monoisotopic (exact) mass is 403 g/mol. The van der Waals surface area contributed by atoms with Crippen LogP contribution in [0.2, 0.25) is 0 Å². The lowest BCUT2D eigenvalue weighted by molar-refractivity contribution is -0.274. The number of hydrogen-bond donors (Lipinski definition) is 1. The van der Waals surface area contributed by atoms with Crippen molar-refractivity contribution < 1.29 is 22.7 Å². The first kappa shape index (κ1) is 18.1. The maximum absolute atomic E-state index is 12.6. The van der Waals surface area contributed by atoms with Gasteiger partial charge in [-0.3, -0.25) is 9.20 Å². The van der Waals surface area contributed by atoms with Crippen molar-refractivity contribution in [1.82, 2.24) is 9.38 Å². The quantitative estimate of drug-likeness (QED) is 0.509. The van der Waals surface area contributed by atoms with Crippen LogP contribution in [0.5, 0.6) is 5.75 Å². The fourth-order valence-electron chi connectivity index (χ4n) is 2.63. The molecule has 0 spiro atoms. The number of imidazole rings is 1. The summed E-state index contributed by atoms with van der Waals surface area (Å²) < 4.78 is 42.1. The normalized spacial score (nSPS) is 11.5. The highest BCUT2D eigenvalue weighted by Gasteiger charge is 2.31. The van der Waals surface area contributed by atoms with Gasteiger partial charge in [-0.15, -0.1) is 24.5 Å². The SMILES string of the molecule is O=C(Nc1ccc(OC(F)(F)F)cc1)c1csc2nc(-c3ccccc3)cn12. The highest BCUT2D eigenvalue weighted by atomic mass is 32.1. The summed E-state index contributed by atoms with van der Waals surface area (Å²) in [4.78, 5) is 17.8. The third-order valence-corrected chi connectivity index (χ3v) is 4.70. The zero-order chi connectivity index (χ0) is 19.7. The largest absolute Gasteiger partial charge is 0.573 e. The lowest BCUT2D eigenvalue weighted by Gasteiger charge is -2.09. The molecule has 2 heterocycles. The van der Waals surface area contributed by atoms with Crippen molar-refractivity contribution in [3.05, 3.63) is 71.9 Å². The summed E-state index contributed by atoms with van der Waals surface area (Å²) in [6.45, 7) is 0. The second-order valence-corrected chi connectivity index (χ2v) is 6.63. The fourth-order valence-corrected chi connectivity index (χ4v) is 3.48. The summed E-state index contributed by atoms with van der Waals surface area (Å²) in [5, 5.41) is 4.33. The van der Waals surface area contributed by atoms with E-state index in [0.717, 1.165) is 23.4 Å². The Morgan fingerprint density at radius 1 is 1.07 bits per heavy atom. The molecule has 0 unspecified atom stereocenters. The molecule has 0 radical (unpaired) electrons. The Kier molecular flexibility index (Phi) is 4.52. The van der Waals surface area contributed by atoms with E-state index in [1.807, 2.05) is 30.3 Å². The first-order chi connectivity index (χ1) is 13.4. The molecule has 0 bridgehead atoms. The molecule has 5 nitrogen and oxygen atoms in total. The number of thiazole rings is 1. The number of alkyl halides is 3. The summed E-state index contributed by atoms with van der Waals surface area (Å²) in [5.74, 6) is -0.752. The van der Waals surface area contributed by atoms with Crippen molar-refractivity contribution in [2.24, 2.45) is 0 Å². The van der Waals surface area contributed by atoms with Crippen LogP contribution in [0.3, 0.4) is 0 Å². The minimum absolute atomic E-state index is 0.349. The zero-order valence-electron chi connectivity index (χ0n) is 14.1. The van der Waals surface area contributed by atoms with Gasteiger partial charge in [-0.2, -0.15) is 0 Å². The molecule has 0 saturated carbocycles. The molecule has 0 aliphatic heterocycles. The Balaban J connectivity index is 1.53. The van der Waals surface area contributed by atoms with E-state index in [1.165, 1.54) is 23.5 Å². The molecule has 28 heavy (non-hydrogen) atoms. The highest BCUT2D eigenvalue weighted by Crippen LogP contribution is 2.26. The molecular weight excluding hydrogens is 391 g/mol. The van der Waals surface area contributed by atoms with Gasteiger partial charge in [-0.1, -0.05) is 30.3 Å². The molecule has 142 valence electrons. The van der Waals surface area contributed by atoms with Gasteiger partial charge >= 0.3 is 6.36 Å². The summed E-state index contributed by atoms with van der Waals surface area (Å²) in [7, 11) is 0. The summed E-state index contributed by atoms with van der Waals surface area (Å²) >= 11 is 1.32. The van der Waals surface area contributed by atoms with Crippen LogP contribution in [-0.2, 0) is 0 Å². The Labute approximate surface area is 161 Å². The van der Waals surface area contributed by atoms with Gasteiger partial charge in [0, 0.05) is 22.8 Å². The highest BCUT2D eigenvalue weighted by molar-refractivity contribution is 7.15. The van der Waals surface area contributed by atoms with Crippen LogP contribution in [0.1, 0.15) is 10.5 Å². The van der Waals surface area contributed by atoms with Gasteiger partial charge < -0.3 is 10.1 Å². The van der Waals surface area contributed by atoms with Crippen LogP contribution in [0.25, 0.3) is 16.2 Å². The molecule has 4 aromatic rings. The summed E-state index contributed by atoms with van der Waals surface area (Å²) in [5.41, 5.74) is 2.41. The molecule has 9 heteroatoms. The number of ether oxygens (including phenoxy) is 1. The van der Waals surface area contributed by atoms with Crippen molar-refractivity contribution >= 4 is 27.9 Å². The summed E-state index contributed by atoms with van der Waals surface area (Å²) in [6.07, 6.45) is -2.98. The van der Waals surface area contributed by atoms with Gasteiger partial charge in [0.05, 0.1) is 5.69 Å². The minimum atomic E-state index is -4.76. The van der Waals surface area contributed by atoms with Crippen molar-refractivity contribution in [3.8, 4) is 17.0 Å². The van der Waals surface area contributed by atoms with E-state index >= 15 is 0 Å². The smallest absolute Gasteiger partial charge is 0.406 e. The molecule has 0 atom stereocenters. The molecule has 4 rings (SSSR count). The average molecular weight is 403 g/mol. The van der Waals surface area contributed by atoms with Gasteiger partial charge in [0.1, 0.15) is 11.4 Å². The Morgan fingerprint density at radius 3 is 2.46 bits per heavy atom. The van der Waals surface area contributed by atoms with E-state index in [1.54, 1.807) is 16.0 Å². The average Bonchev–Trinajstić information content (AvgIpc) is 3.23. The van der Waals surface area contributed by atoms with E-state index < -0.39 is 12.3 Å². The molecule has 0 aliphatic rings. The maximum atomic E-state index is 12.6. The predicted octanol–water partition coefficient (Wildman–Crippen LogP) is 5.21. The molecule has 1 amide bonds. The molecule has 2 aromatic heterocycles. The van der Waals surface area contributed by atoms with E-state index in [2.05, 4.69) is 15.0 Å². The van der Waals surface area contributed by atoms with Crippen molar-refractivity contribution in [2.45, 2.75) is 6.36 Å². The number of aromatic nitrogens is 2. The topological polar surface area (TPSA) is 55.6 Å². The van der Waals surface area contributed by atoms with Crippen LogP contribution < -0.4 is 10.1 Å². The molecule has 2 aromatic carbocycles. The molecule has 1 N–H and O–H groups in total. The van der Waals surface area contributed by atoms with E-state index in [9.17, 15) is 18.0 Å². The van der Waals surface area contributed by atoms with Gasteiger partial charge in [0.2, 0.25) is 0 Å². The number of carbonyl (C=O) groups excluding carboxylic acids is 1. The molecule has 0 aliphatic carbocycles. The minimum Gasteiger partial charge on any atom is -0.406 e. The fraction of sp³-hybridized carbons (Fsp3) is 0.0526. The Morgan fingerprint density at radius 2 is 1.79 bits per heavy atom. The second-order valence-electron chi connectivity index (χ2n) is 5.79. The number of halogens is 3.